The molecule has 0 N–H and O–H groups in total. The Morgan fingerprint density at radius 1 is 1.12 bits per heavy atom. The zero-order valence-corrected chi connectivity index (χ0v) is 15.7. The molecule has 6 heteroatoms. The fourth-order valence-electron chi connectivity index (χ4n) is 3.04. The fourth-order valence-corrected chi connectivity index (χ4v) is 3.04. The fraction of sp³-hybridized carbons (Fsp3) is 0.474. The van der Waals surface area contributed by atoms with Crippen LogP contribution >= 0.6 is 0 Å². The number of anilines is 2. The maximum absolute atomic E-state index is 12.8. The van der Waals surface area contributed by atoms with Crippen molar-refractivity contribution in [2.75, 3.05) is 31.8 Å². The van der Waals surface area contributed by atoms with E-state index in [9.17, 15) is 4.79 Å². The Hall–Kier alpha value is -2.18. The minimum Gasteiger partial charge on any atom is -0.383 e. The van der Waals surface area contributed by atoms with Gasteiger partial charge in [0.15, 0.2) is 0 Å². The minimum absolute atomic E-state index is 0.0263. The summed E-state index contributed by atoms with van der Waals surface area (Å²) >= 11 is 0. The molecule has 0 aliphatic carbocycles. The summed E-state index contributed by atoms with van der Waals surface area (Å²) in [6.07, 6.45) is 0. The van der Waals surface area contributed by atoms with E-state index in [4.69, 9.17) is 9.72 Å². The van der Waals surface area contributed by atoms with Crippen molar-refractivity contribution in [1.82, 2.24) is 14.5 Å². The van der Waals surface area contributed by atoms with Crippen molar-refractivity contribution in [3.05, 3.63) is 50.9 Å². The van der Waals surface area contributed by atoms with Gasteiger partial charge in [0.25, 0.3) is 5.56 Å². The van der Waals surface area contributed by atoms with Crippen LogP contribution in [0.3, 0.4) is 0 Å². The van der Waals surface area contributed by atoms with Gasteiger partial charge in [-0.25, -0.2) is 4.98 Å². The standard InChI is InChI=1S/C19H26N4O2/c1-13-6-7-17(10-14(13)2)22-11-21(8-9-25-5)12-23-18(24)15(3)16(4)20-19(22)23/h6-7,10H,8-9,11-12H2,1-5H3. The topological polar surface area (TPSA) is 50.6 Å². The van der Waals surface area contributed by atoms with E-state index in [-0.39, 0.29) is 5.56 Å². The zero-order valence-electron chi connectivity index (χ0n) is 15.7. The van der Waals surface area contributed by atoms with Crippen LogP contribution in [0.1, 0.15) is 22.4 Å². The van der Waals surface area contributed by atoms with Gasteiger partial charge in [-0.3, -0.25) is 19.2 Å². The summed E-state index contributed by atoms with van der Waals surface area (Å²) in [7, 11) is 1.69. The van der Waals surface area contributed by atoms with Gasteiger partial charge in [-0.05, 0) is 51.0 Å². The molecule has 3 rings (SSSR count). The second-order valence-electron chi connectivity index (χ2n) is 6.72. The van der Waals surface area contributed by atoms with Crippen LogP contribution in [0.15, 0.2) is 23.0 Å². The van der Waals surface area contributed by atoms with Crippen LogP contribution in [-0.4, -0.2) is 41.4 Å². The molecule has 6 nitrogen and oxygen atoms in total. The molecule has 134 valence electrons. The highest BCUT2D eigenvalue weighted by Gasteiger charge is 2.27. The third-order valence-corrected chi connectivity index (χ3v) is 4.96. The third kappa shape index (κ3) is 3.32. The molecule has 0 atom stereocenters. The van der Waals surface area contributed by atoms with Gasteiger partial charge >= 0.3 is 0 Å². The van der Waals surface area contributed by atoms with E-state index in [0.29, 0.717) is 31.5 Å². The molecule has 2 aromatic rings. The lowest BCUT2D eigenvalue weighted by Crippen LogP contribution is -2.48. The van der Waals surface area contributed by atoms with Crippen molar-refractivity contribution in [2.24, 2.45) is 0 Å². The van der Waals surface area contributed by atoms with Crippen LogP contribution in [0.5, 0.6) is 0 Å². The molecule has 2 heterocycles. The van der Waals surface area contributed by atoms with E-state index in [1.54, 1.807) is 11.7 Å². The third-order valence-electron chi connectivity index (χ3n) is 4.96. The van der Waals surface area contributed by atoms with E-state index in [1.165, 1.54) is 11.1 Å². The quantitative estimate of drug-likeness (QED) is 0.854. The van der Waals surface area contributed by atoms with Crippen LogP contribution < -0.4 is 10.5 Å². The number of rotatable bonds is 4. The van der Waals surface area contributed by atoms with Gasteiger partial charge in [0.1, 0.15) is 0 Å². The average Bonchev–Trinajstić information content (AvgIpc) is 2.60. The molecule has 0 saturated carbocycles. The van der Waals surface area contributed by atoms with Gasteiger partial charge in [-0.15, -0.1) is 0 Å². The van der Waals surface area contributed by atoms with Gasteiger partial charge in [0.2, 0.25) is 5.95 Å². The second kappa shape index (κ2) is 6.98. The minimum atomic E-state index is 0.0263. The van der Waals surface area contributed by atoms with Gasteiger partial charge in [0.05, 0.1) is 19.9 Å². The summed E-state index contributed by atoms with van der Waals surface area (Å²) in [6, 6.07) is 6.36. The summed E-state index contributed by atoms with van der Waals surface area (Å²) < 4.78 is 6.98. The van der Waals surface area contributed by atoms with E-state index in [0.717, 1.165) is 17.9 Å². The Labute approximate surface area is 148 Å². The number of hydrogen-bond donors (Lipinski definition) is 0. The number of benzene rings is 1. The molecular formula is C19H26N4O2. The zero-order chi connectivity index (χ0) is 18.1. The molecule has 1 aromatic carbocycles. The van der Waals surface area contributed by atoms with Crippen LogP contribution in [0.4, 0.5) is 11.6 Å². The van der Waals surface area contributed by atoms with Gasteiger partial charge < -0.3 is 4.74 Å². The lowest BCUT2D eigenvalue weighted by atomic mass is 10.1. The molecule has 0 amide bonds. The maximum atomic E-state index is 12.8. The van der Waals surface area contributed by atoms with Crippen molar-refractivity contribution >= 4 is 11.6 Å². The number of nitrogens with zero attached hydrogens (tertiary/aromatic N) is 4. The number of aromatic nitrogens is 2. The summed E-state index contributed by atoms with van der Waals surface area (Å²) in [6.45, 7) is 10.5. The van der Waals surface area contributed by atoms with Crippen LogP contribution in [0, 0.1) is 27.7 Å². The van der Waals surface area contributed by atoms with Crippen LogP contribution in [0.25, 0.3) is 0 Å². The predicted molar refractivity (Wildman–Crippen MR) is 99.5 cm³/mol. The van der Waals surface area contributed by atoms with E-state index < -0.39 is 0 Å². The Balaban J connectivity index is 2.10. The van der Waals surface area contributed by atoms with E-state index in [1.807, 2.05) is 13.8 Å². The molecule has 0 spiro atoms. The average molecular weight is 342 g/mol. The van der Waals surface area contributed by atoms with E-state index in [2.05, 4.69) is 41.8 Å². The van der Waals surface area contributed by atoms with E-state index >= 15 is 0 Å². The summed E-state index contributed by atoms with van der Waals surface area (Å²) in [5.41, 5.74) is 5.05. The van der Waals surface area contributed by atoms with Gasteiger partial charge in [-0.1, -0.05) is 6.07 Å². The molecule has 1 aromatic heterocycles. The van der Waals surface area contributed by atoms with Crippen LogP contribution in [0.2, 0.25) is 0 Å². The number of aryl methyl sites for hydroxylation is 3. The molecular weight excluding hydrogens is 316 g/mol. The first-order chi connectivity index (χ1) is 11.9. The van der Waals surface area contributed by atoms with Crippen molar-refractivity contribution in [1.29, 1.82) is 0 Å². The molecule has 0 radical (unpaired) electrons. The molecule has 0 fully saturated rings. The first kappa shape index (κ1) is 17.6. The number of methoxy groups -OCH3 is 1. The highest BCUT2D eigenvalue weighted by Crippen LogP contribution is 2.28. The SMILES string of the molecule is COCCN1CN(c2ccc(C)c(C)c2)c2nc(C)c(C)c(=O)n2C1. The largest absolute Gasteiger partial charge is 0.383 e. The normalized spacial score (nSPS) is 14.7. The lowest BCUT2D eigenvalue weighted by Gasteiger charge is -2.38. The molecule has 1 aliphatic heterocycles. The maximum Gasteiger partial charge on any atom is 0.259 e. The number of ether oxygens (including phenoxy) is 1. The smallest absolute Gasteiger partial charge is 0.259 e. The Kier molecular flexibility index (Phi) is 4.92. The lowest BCUT2D eigenvalue weighted by molar-refractivity contribution is 0.121. The molecule has 0 saturated heterocycles. The van der Waals surface area contributed by atoms with Crippen molar-refractivity contribution in [3.63, 3.8) is 0 Å². The molecule has 0 bridgehead atoms. The van der Waals surface area contributed by atoms with Crippen molar-refractivity contribution < 1.29 is 4.74 Å². The second-order valence-corrected chi connectivity index (χ2v) is 6.72. The number of hydrogen-bond acceptors (Lipinski definition) is 5. The Morgan fingerprint density at radius 3 is 2.56 bits per heavy atom. The van der Waals surface area contributed by atoms with Crippen LogP contribution in [-0.2, 0) is 11.4 Å². The summed E-state index contributed by atoms with van der Waals surface area (Å²) in [5, 5.41) is 0. The summed E-state index contributed by atoms with van der Waals surface area (Å²) in [4.78, 5) is 21.8. The highest BCUT2D eigenvalue weighted by atomic mass is 16.5. The number of fused-ring (bicyclic) bond motifs is 1. The van der Waals surface area contributed by atoms with Crippen molar-refractivity contribution in [2.45, 2.75) is 34.4 Å². The Morgan fingerprint density at radius 2 is 1.88 bits per heavy atom. The van der Waals surface area contributed by atoms with Crippen molar-refractivity contribution in [3.8, 4) is 0 Å². The van der Waals surface area contributed by atoms with Gasteiger partial charge in [-0.2, -0.15) is 0 Å². The summed E-state index contributed by atoms with van der Waals surface area (Å²) in [5.74, 6) is 0.713. The predicted octanol–water partition coefficient (Wildman–Crippen LogP) is 2.49. The first-order valence-electron chi connectivity index (χ1n) is 8.56. The molecule has 25 heavy (non-hydrogen) atoms. The molecule has 1 aliphatic rings. The van der Waals surface area contributed by atoms with Gasteiger partial charge in [0, 0.05) is 30.6 Å². The highest BCUT2D eigenvalue weighted by molar-refractivity contribution is 5.60. The Bertz CT molecular complexity index is 844. The first-order valence-corrected chi connectivity index (χ1v) is 8.56. The monoisotopic (exact) mass is 342 g/mol. The molecule has 0 unspecified atom stereocenters.